The summed E-state index contributed by atoms with van der Waals surface area (Å²) in [5.41, 5.74) is 12.2. The van der Waals surface area contributed by atoms with Gasteiger partial charge in [0.15, 0.2) is 0 Å². The molecule has 1 heterocycles. The first kappa shape index (κ1) is 12.8. The Balaban J connectivity index is 2.40. The summed E-state index contributed by atoms with van der Waals surface area (Å²) in [5, 5.41) is 2.73. The molecule has 98 valence electrons. The summed E-state index contributed by atoms with van der Waals surface area (Å²) in [6, 6.07) is 6.08. The van der Waals surface area contributed by atoms with Crippen molar-refractivity contribution < 1.29 is 9.18 Å². The number of amides is 1. The molecule has 2 aromatic rings. The van der Waals surface area contributed by atoms with Crippen LogP contribution in [0.3, 0.4) is 0 Å². The molecule has 5 N–H and O–H groups in total. The summed E-state index contributed by atoms with van der Waals surface area (Å²) in [6.45, 7) is 1.78. The van der Waals surface area contributed by atoms with E-state index in [9.17, 15) is 9.18 Å². The third-order valence-corrected chi connectivity index (χ3v) is 2.55. The molecule has 0 radical (unpaired) electrons. The van der Waals surface area contributed by atoms with E-state index in [0.717, 1.165) is 5.56 Å². The van der Waals surface area contributed by atoms with Crippen LogP contribution in [0.2, 0.25) is 0 Å². The standard InChI is InChI=1S/C13H13FN4O/c1-7-2-3-11(10(14)4-7)18-13-9(12(16)19)5-8(15)6-17-13/h2-6H,15H2,1H3,(H2,16,19)(H,17,18). The van der Waals surface area contributed by atoms with Gasteiger partial charge in [-0.05, 0) is 30.7 Å². The zero-order valence-corrected chi connectivity index (χ0v) is 10.3. The van der Waals surface area contributed by atoms with Crippen molar-refractivity contribution in [2.45, 2.75) is 6.92 Å². The number of rotatable bonds is 3. The minimum absolute atomic E-state index is 0.111. The molecule has 0 aliphatic carbocycles. The van der Waals surface area contributed by atoms with Gasteiger partial charge in [-0.1, -0.05) is 6.07 Å². The molecule has 0 aliphatic rings. The van der Waals surface area contributed by atoms with Gasteiger partial charge in [-0.25, -0.2) is 9.37 Å². The fourth-order valence-electron chi connectivity index (χ4n) is 1.62. The van der Waals surface area contributed by atoms with Crippen LogP contribution in [0.1, 0.15) is 15.9 Å². The van der Waals surface area contributed by atoms with Crippen LogP contribution in [-0.2, 0) is 0 Å². The molecule has 6 heteroatoms. The number of carbonyl (C=O) groups excluding carboxylic acids is 1. The molecule has 0 saturated carbocycles. The number of primary amides is 1. The second-order valence-electron chi connectivity index (χ2n) is 4.14. The normalized spacial score (nSPS) is 10.2. The number of nitrogens with one attached hydrogen (secondary N) is 1. The highest BCUT2D eigenvalue weighted by molar-refractivity contribution is 5.99. The van der Waals surface area contributed by atoms with Gasteiger partial charge in [0.1, 0.15) is 11.6 Å². The molecule has 5 nitrogen and oxygen atoms in total. The van der Waals surface area contributed by atoms with Crippen LogP contribution in [0.4, 0.5) is 21.6 Å². The molecule has 0 saturated heterocycles. The average Bonchev–Trinajstić information content (AvgIpc) is 2.34. The number of aromatic nitrogens is 1. The number of hydrogen-bond acceptors (Lipinski definition) is 4. The van der Waals surface area contributed by atoms with Crippen LogP contribution in [0.15, 0.2) is 30.5 Å². The van der Waals surface area contributed by atoms with Crippen molar-refractivity contribution in [1.82, 2.24) is 4.98 Å². The predicted octanol–water partition coefficient (Wildman–Crippen LogP) is 1.95. The third kappa shape index (κ3) is 2.79. The number of nitrogen functional groups attached to an aromatic ring is 1. The van der Waals surface area contributed by atoms with Crippen LogP contribution in [0, 0.1) is 12.7 Å². The summed E-state index contributed by atoms with van der Waals surface area (Å²) in [5.74, 6) is -0.951. The van der Waals surface area contributed by atoms with Gasteiger partial charge in [0.05, 0.1) is 23.1 Å². The Kier molecular flexibility index (Phi) is 3.33. The molecule has 1 aromatic carbocycles. The zero-order chi connectivity index (χ0) is 14.0. The van der Waals surface area contributed by atoms with Gasteiger partial charge in [0, 0.05) is 0 Å². The quantitative estimate of drug-likeness (QED) is 0.786. The van der Waals surface area contributed by atoms with E-state index in [0.29, 0.717) is 5.69 Å². The smallest absolute Gasteiger partial charge is 0.252 e. The van der Waals surface area contributed by atoms with E-state index in [4.69, 9.17) is 11.5 Å². The third-order valence-electron chi connectivity index (χ3n) is 2.55. The van der Waals surface area contributed by atoms with E-state index in [2.05, 4.69) is 10.3 Å². The lowest BCUT2D eigenvalue weighted by atomic mass is 10.2. The number of benzene rings is 1. The number of pyridine rings is 1. The highest BCUT2D eigenvalue weighted by Crippen LogP contribution is 2.23. The minimum Gasteiger partial charge on any atom is -0.397 e. The summed E-state index contributed by atoms with van der Waals surface area (Å²) in [4.78, 5) is 15.3. The maximum atomic E-state index is 13.7. The number of halogens is 1. The summed E-state index contributed by atoms with van der Waals surface area (Å²) in [6.07, 6.45) is 1.36. The fourth-order valence-corrected chi connectivity index (χ4v) is 1.62. The van der Waals surface area contributed by atoms with Crippen LogP contribution in [-0.4, -0.2) is 10.9 Å². The molecule has 1 amide bonds. The highest BCUT2D eigenvalue weighted by atomic mass is 19.1. The van der Waals surface area contributed by atoms with E-state index in [1.165, 1.54) is 18.3 Å². The predicted molar refractivity (Wildman–Crippen MR) is 71.6 cm³/mol. The Bertz CT molecular complexity index is 643. The van der Waals surface area contributed by atoms with Gasteiger partial charge in [0.2, 0.25) is 0 Å². The zero-order valence-electron chi connectivity index (χ0n) is 10.3. The van der Waals surface area contributed by atoms with Crippen molar-refractivity contribution in [3.05, 3.63) is 47.4 Å². The molecule has 0 atom stereocenters. The van der Waals surface area contributed by atoms with Crippen molar-refractivity contribution in [3.63, 3.8) is 0 Å². The van der Waals surface area contributed by atoms with Gasteiger partial charge in [-0.3, -0.25) is 4.79 Å². The van der Waals surface area contributed by atoms with Crippen molar-refractivity contribution in [3.8, 4) is 0 Å². The molecule has 0 bridgehead atoms. The lowest BCUT2D eigenvalue weighted by Crippen LogP contribution is -2.15. The van der Waals surface area contributed by atoms with Gasteiger partial charge in [-0.2, -0.15) is 0 Å². The van der Waals surface area contributed by atoms with Gasteiger partial charge >= 0.3 is 0 Å². The van der Waals surface area contributed by atoms with E-state index in [-0.39, 0.29) is 17.1 Å². The SMILES string of the molecule is Cc1ccc(Nc2ncc(N)cc2C(N)=O)c(F)c1. The van der Waals surface area contributed by atoms with Crippen LogP contribution in [0.5, 0.6) is 0 Å². The van der Waals surface area contributed by atoms with E-state index in [1.807, 2.05) is 0 Å². The van der Waals surface area contributed by atoms with E-state index >= 15 is 0 Å². The van der Waals surface area contributed by atoms with E-state index < -0.39 is 11.7 Å². The fraction of sp³-hybridized carbons (Fsp3) is 0.0769. The topological polar surface area (TPSA) is 94.0 Å². The van der Waals surface area contributed by atoms with E-state index in [1.54, 1.807) is 19.1 Å². The first-order valence-corrected chi connectivity index (χ1v) is 5.56. The van der Waals surface area contributed by atoms with Gasteiger partial charge in [0.25, 0.3) is 5.91 Å². The number of nitrogens with zero attached hydrogens (tertiary/aromatic N) is 1. The number of aryl methyl sites for hydroxylation is 1. The molecular weight excluding hydrogens is 247 g/mol. The first-order valence-electron chi connectivity index (χ1n) is 5.56. The molecule has 0 spiro atoms. The Morgan fingerprint density at radius 2 is 2.11 bits per heavy atom. The van der Waals surface area contributed by atoms with Crippen molar-refractivity contribution in [2.24, 2.45) is 5.73 Å². The number of nitrogens with two attached hydrogens (primary N) is 2. The number of anilines is 3. The molecule has 0 aliphatic heterocycles. The van der Waals surface area contributed by atoms with Crippen LogP contribution >= 0.6 is 0 Å². The van der Waals surface area contributed by atoms with Crippen molar-refractivity contribution in [2.75, 3.05) is 11.1 Å². The number of carbonyl (C=O) groups is 1. The highest BCUT2D eigenvalue weighted by Gasteiger charge is 2.12. The first-order chi connectivity index (χ1) is 8.97. The summed E-state index contributed by atoms with van der Waals surface area (Å²) in [7, 11) is 0. The van der Waals surface area contributed by atoms with Crippen LogP contribution in [0.25, 0.3) is 0 Å². The Morgan fingerprint density at radius 3 is 2.74 bits per heavy atom. The Labute approximate surface area is 109 Å². The molecule has 1 aromatic heterocycles. The second kappa shape index (κ2) is 4.93. The number of hydrogen-bond donors (Lipinski definition) is 3. The molecule has 2 rings (SSSR count). The maximum Gasteiger partial charge on any atom is 0.252 e. The molecule has 19 heavy (non-hydrogen) atoms. The maximum absolute atomic E-state index is 13.7. The average molecular weight is 260 g/mol. The Morgan fingerprint density at radius 1 is 1.37 bits per heavy atom. The second-order valence-corrected chi connectivity index (χ2v) is 4.14. The molecule has 0 fully saturated rings. The lowest BCUT2D eigenvalue weighted by Gasteiger charge is -2.10. The van der Waals surface area contributed by atoms with Crippen LogP contribution < -0.4 is 16.8 Å². The Hall–Kier alpha value is -2.63. The summed E-state index contributed by atoms with van der Waals surface area (Å²) >= 11 is 0. The summed E-state index contributed by atoms with van der Waals surface area (Å²) < 4.78 is 13.7. The molecular formula is C13H13FN4O. The van der Waals surface area contributed by atoms with Crippen molar-refractivity contribution in [1.29, 1.82) is 0 Å². The molecule has 0 unspecified atom stereocenters. The van der Waals surface area contributed by atoms with Gasteiger partial charge < -0.3 is 16.8 Å². The van der Waals surface area contributed by atoms with Crippen molar-refractivity contribution >= 4 is 23.1 Å². The largest absolute Gasteiger partial charge is 0.397 e. The monoisotopic (exact) mass is 260 g/mol. The van der Waals surface area contributed by atoms with Gasteiger partial charge in [-0.15, -0.1) is 0 Å². The minimum atomic E-state index is -0.685. The lowest BCUT2D eigenvalue weighted by molar-refractivity contribution is 0.100.